The highest BCUT2D eigenvalue weighted by molar-refractivity contribution is 14.0. The van der Waals surface area contributed by atoms with Crippen molar-refractivity contribution in [2.45, 2.75) is 39.0 Å². The van der Waals surface area contributed by atoms with Crippen molar-refractivity contribution >= 4 is 35.8 Å². The van der Waals surface area contributed by atoms with Gasteiger partial charge in [-0.15, -0.1) is 24.0 Å². The maximum atomic E-state index is 12.5. The maximum Gasteiger partial charge on any atom is 0.251 e. The van der Waals surface area contributed by atoms with E-state index in [0.29, 0.717) is 26.2 Å². The minimum Gasteiger partial charge on any atom is -0.392 e. The van der Waals surface area contributed by atoms with Crippen LogP contribution in [0.5, 0.6) is 0 Å². The van der Waals surface area contributed by atoms with Crippen LogP contribution in [-0.4, -0.2) is 72.2 Å². The predicted octanol–water partition coefficient (Wildman–Crippen LogP) is 1.59. The molecule has 156 valence electrons. The van der Waals surface area contributed by atoms with Gasteiger partial charge in [0, 0.05) is 39.3 Å². The summed E-state index contributed by atoms with van der Waals surface area (Å²) in [5, 5.41) is 12.8. The van der Waals surface area contributed by atoms with Crippen molar-refractivity contribution < 1.29 is 14.6 Å². The summed E-state index contributed by atoms with van der Waals surface area (Å²) in [5.74, 6) is 0.987. The molecule has 28 heavy (non-hydrogen) atoms. The summed E-state index contributed by atoms with van der Waals surface area (Å²) in [5.41, 5.74) is 1.94. The molecule has 1 atom stereocenters. The number of nitrogens with one attached hydrogen (secondary N) is 1. The van der Waals surface area contributed by atoms with Gasteiger partial charge in [-0.2, -0.15) is 0 Å². The first-order valence-corrected chi connectivity index (χ1v) is 9.84. The van der Waals surface area contributed by atoms with Crippen LogP contribution < -0.4 is 5.32 Å². The third-order valence-corrected chi connectivity index (χ3v) is 5.12. The Hall–Kier alpha value is -1.39. The van der Waals surface area contributed by atoms with E-state index in [1.54, 1.807) is 0 Å². The van der Waals surface area contributed by atoms with Gasteiger partial charge in [-0.05, 0) is 30.9 Å². The molecule has 2 fully saturated rings. The number of hydrogen-bond donors (Lipinski definition) is 2. The number of nitrogens with zero attached hydrogens (tertiary/aromatic N) is 3. The van der Waals surface area contributed by atoms with Gasteiger partial charge in [-0.25, -0.2) is 4.99 Å². The van der Waals surface area contributed by atoms with Crippen LogP contribution in [0.15, 0.2) is 29.3 Å². The van der Waals surface area contributed by atoms with Crippen molar-refractivity contribution in [3.05, 3.63) is 35.4 Å². The Bertz CT molecular complexity index is 657. The minimum atomic E-state index is -0.242. The van der Waals surface area contributed by atoms with E-state index in [9.17, 15) is 9.90 Å². The molecular weight excluding hydrogens is 471 g/mol. The van der Waals surface area contributed by atoms with Crippen LogP contribution in [0.25, 0.3) is 0 Å². The molecule has 2 saturated heterocycles. The van der Waals surface area contributed by atoms with Gasteiger partial charge in [0.05, 0.1) is 13.2 Å². The fraction of sp³-hybridized carbons (Fsp3) is 0.600. The van der Waals surface area contributed by atoms with E-state index in [0.717, 1.165) is 49.6 Å². The van der Waals surface area contributed by atoms with Crippen LogP contribution in [0.1, 0.15) is 30.9 Å². The number of aliphatic hydroxyl groups excluding tert-OH is 1. The number of carbonyl (C=O) groups is 1. The summed E-state index contributed by atoms with van der Waals surface area (Å²) >= 11 is 0. The van der Waals surface area contributed by atoms with Gasteiger partial charge >= 0.3 is 0 Å². The third kappa shape index (κ3) is 5.81. The first kappa shape index (κ1) is 22.9. The van der Waals surface area contributed by atoms with Crippen LogP contribution >= 0.6 is 24.0 Å². The Kier molecular flexibility index (Phi) is 9.46. The zero-order valence-corrected chi connectivity index (χ0v) is 18.8. The Morgan fingerprint density at radius 1 is 1.21 bits per heavy atom. The molecule has 7 nitrogen and oxygen atoms in total. The molecule has 2 N–H and O–H groups in total. The number of carbonyl (C=O) groups excluding carboxylic acids is 1. The number of amides is 1. The Balaban J connectivity index is 0.00000280. The molecular formula is C20H31IN4O3. The number of hydrogen-bond acceptors (Lipinski definition) is 4. The summed E-state index contributed by atoms with van der Waals surface area (Å²) in [6.07, 6.45) is 1.57. The monoisotopic (exact) mass is 502 g/mol. The van der Waals surface area contributed by atoms with Crippen molar-refractivity contribution in [1.82, 2.24) is 15.1 Å². The molecule has 1 amide bonds. The highest BCUT2D eigenvalue weighted by atomic mass is 127. The van der Waals surface area contributed by atoms with Crippen molar-refractivity contribution in [3.63, 3.8) is 0 Å². The van der Waals surface area contributed by atoms with E-state index in [4.69, 9.17) is 9.73 Å². The van der Waals surface area contributed by atoms with Gasteiger partial charge in [-0.1, -0.05) is 24.3 Å². The van der Waals surface area contributed by atoms with Crippen molar-refractivity contribution in [3.8, 4) is 0 Å². The average Bonchev–Trinajstić information content (AvgIpc) is 3.26. The minimum absolute atomic E-state index is 0. The molecule has 0 spiro atoms. The second-order valence-electron chi connectivity index (χ2n) is 6.91. The van der Waals surface area contributed by atoms with Crippen molar-refractivity contribution in [2.75, 3.05) is 39.3 Å². The molecule has 0 radical (unpaired) electrons. The van der Waals surface area contributed by atoms with Crippen LogP contribution in [0.4, 0.5) is 0 Å². The third-order valence-electron chi connectivity index (χ3n) is 5.12. The highest BCUT2D eigenvalue weighted by Crippen LogP contribution is 2.16. The molecule has 8 heteroatoms. The molecule has 0 aromatic heterocycles. The maximum absolute atomic E-state index is 12.5. The van der Waals surface area contributed by atoms with Gasteiger partial charge in [0.2, 0.25) is 0 Å². The van der Waals surface area contributed by atoms with Gasteiger partial charge in [-0.3, -0.25) is 4.79 Å². The smallest absolute Gasteiger partial charge is 0.251 e. The summed E-state index contributed by atoms with van der Waals surface area (Å²) in [7, 11) is 0. The van der Waals surface area contributed by atoms with Crippen molar-refractivity contribution in [1.29, 1.82) is 0 Å². The lowest BCUT2D eigenvalue weighted by Gasteiger charge is -2.37. The van der Waals surface area contributed by atoms with Crippen molar-refractivity contribution in [2.24, 2.45) is 4.99 Å². The Morgan fingerprint density at radius 2 is 1.89 bits per heavy atom. The van der Waals surface area contributed by atoms with E-state index in [-0.39, 0.29) is 42.6 Å². The summed E-state index contributed by atoms with van der Waals surface area (Å²) in [6, 6.07) is 7.81. The van der Waals surface area contributed by atoms with Gasteiger partial charge in [0.1, 0.15) is 6.10 Å². The fourth-order valence-electron chi connectivity index (χ4n) is 3.57. The number of ether oxygens (including phenoxy) is 1. The number of rotatable bonds is 5. The normalized spacial score (nSPS) is 20.1. The van der Waals surface area contributed by atoms with Crippen LogP contribution in [-0.2, 0) is 22.7 Å². The molecule has 2 heterocycles. The first-order valence-electron chi connectivity index (χ1n) is 9.84. The molecule has 0 bridgehead atoms. The second kappa shape index (κ2) is 11.6. The average molecular weight is 502 g/mol. The Morgan fingerprint density at radius 3 is 2.50 bits per heavy atom. The van der Waals surface area contributed by atoms with Crippen LogP contribution in [0.3, 0.4) is 0 Å². The van der Waals surface area contributed by atoms with E-state index in [1.165, 1.54) is 0 Å². The fourth-order valence-corrected chi connectivity index (χ4v) is 3.57. The second-order valence-corrected chi connectivity index (χ2v) is 6.91. The highest BCUT2D eigenvalue weighted by Gasteiger charge is 2.30. The van der Waals surface area contributed by atoms with E-state index in [1.807, 2.05) is 36.1 Å². The zero-order valence-electron chi connectivity index (χ0n) is 16.5. The molecule has 0 aliphatic carbocycles. The summed E-state index contributed by atoms with van der Waals surface area (Å²) in [6.45, 7) is 6.97. The summed E-state index contributed by atoms with van der Waals surface area (Å²) < 4.78 is 5.53. The topological polar surface area (TPSA) is 77.4 Å². The molecule has 1 unspecified atom stereocenters. The molecule has 1 aromatic carbocycles. The Labute approximate surface area is 184 Å². The van der Waals surface area contributed by atoms with Gasteiger partial charge < -0.3 is 25.0 Å². The SMILES string of the molecule is CCNC(=NCc1ccccc1CO)N1CCN(C(=O)C2CCCO2)CC1.I. The van der Waals surface area contributed by atoms with Crippen LogP contribution in [0.2, 0.25) is 0 Å². The van der Waals surface area contributed by atoms with Crippen LogP contribution in [0, 0.1) is 0 Å². The number of aliphatic imine (C=N–C) groups is 1. The summed E-state index contributed by atoms with van der Waals surface area (Å²) in [4.78, 5) is 21.4. The zero-order chi connectivity index (χ0) is 19.1. The number of halogens is 1. The lowest BCUT2D eigenvalue weighted by molar-refractivity contribution is -0.142. The quantitative estimate of drug-likeness (QED) is 0.364. The predicted molar refractivity (Wildman–Crippen MR) is 120 cm³/mol. The largest absolute Gasteiger partial charge is 0.392 e. The van der Waals surface area contributed by atoms with Gasteiger partial charge in [0.15, 0.2) is 5.96 Å². The van der Waals surface area contributed by atoms with E-state index in [2.05, 4.69) is 10.2 Å². The van der Waals surface area contributed by atoms with E-state index >= 15 is 0 Å². The molecule has 3 rings (SSSR count). The first-order chi connectivity index (χ1) is 13.2. The molecule has 0 saturated carbocycles. The lowest BCUT2D eigenvalue weighted by Crippen LogP contribution is -2.55. The molecule has 1 aromatic rings. The lowest BCUT2D eigenvalue weighted by atomic mass is 10.1. The molecule has 2 aliphatic heterocycles. The number of benzene rings is 1. The number of piperazine rings is 1. The standard InChI is InChI=1S/C20H30N4O3.HI/c1-2-21-20(22-14-16-6-3-4-7-17(16)15-25)24-11-9-23(10-12-24)19(26)18-8-5-13-27-18;/h3-4,6-7,18,25H,2,5,8-15H2,1H3,(H,21,22);1H. The van der Waals surface area contributed by atoms with Gasteiger partial charge in [0.25, 0.3) is 5.91 Å². The van der Waals surface area contributed by atoms with E-state index < -0.39 is 0 Å². The number of guanidine groups is 1. The molecule has 2 aliphatic rings. The number of aliphatic hydroxyl groups is 1.